The van der Waals surface area contributed by atoms with E-state index in [9.17, 15) is 0 Å². The highest BCUT2D eigenvalue weighted by molar-refractivity contribution is 9.09. The molecule has 0 saturated heterocycles. The third-order valence-corrected chi connectivity index (χ3v) is 2.90. The second kappa shape index (κ2) is 7.29. The molecule has 1 unspecified atom stereocenters. The van der Waals surface area contributed by atoms with Crippen molar-refractivity contribution in [3.63, 3.8) is 0 Å². The van der Waals surface area contributed by atoms with Gasteiger partial charge in [0.15, 0.2) is 0 Å². The summed E-state index contributed by atoms with van der Waals surface area (Å²) < 4.78 is 5.60. The Labute approximate surface area is 105 Å². The van der Waals surface area contributed by atoms with Crippen molar-refractivity contribution in [2.75, 3.05) is 11.9 Å². The van der Waals surface area contributed by atoms with Gasteiger partial charge in [0.1, 0.15) is 5.75 Å². The predicted molar refractivity (Wildman–Crippen MR) is 68.8 cm³/mol. The third kappa shape index (κ3) is 4.67. The highest BCUT2D eigenvalue weighted by Crippen LogP contribution is 2.15. The molecule has 0 amide bonds. The van der Waals surface area contributed by atoms with Gasteiger partial charge in [0.05, 0.1) is 18.2 Å². The summed E-state index contributed by atoms with van der Waals surface area (Å²) in [5.74, 6) is 1.45. The summed E-state index contributed by atoms with van der Waals surface area (Å²) in [6.45, 7) is 2.93. The molecule has 86 valence electrons. The molecule has 1 aromatic rings. The number of rotatable bonds is 6. The van der Waals surface area contributed by atoms with Crippen molar-refractivity contribution in [1.82, 2.24) is 0 Å². The topological polar surface area (TPSA) is 33.0 Å². The van der Waals surface area contributed by atoms with E-state index in [0.29, 0.717) is 18.1 Å². The molecule has 0 aliphatic heterocycles. The Morgan fingerprint density at radius 2 is 2.25 bits per heavy atom. The van der Waals surface area contributed by atoms with Crippen molar-refractivity contribution >= 4 is 15.9 Å². The van der Waals surface area contributed by atoms with Gasteiger partial charge in [0.25, 0.3) is 0 Å². The highest BCUT2D eigenvalue weighted by Gasteiger charge is 2.02. The van der Waals surface area contributed by atoms with E-state index in [-0.39, 0.29) is 0 Å². The van der Waals surface area contributed by atoms with Crippen molar-refractivity contribution < 1.29 is 4.74 Å². The van der Waals surface area contributed by atoms with Crippen LogP contribution in [0.3, 0.4) is 0 Å². The Kier molecular flexibility index (Phi) is 5.95. The molecular weight excluding hydrogens is 266 g/mol. The summed E-state index contributed by atoms with van der Waals surface area (Å²) in [7, 11) is 0. The number of nitrogens with zero attached hydrogens (tertiary/aromatic N) is 1. The first-order valence-electron chi connectivity index (χ1n) is 5.45. The van der Waals surface area contributed by atoms with Crippen LogP contribution in [0.25, 0.3) is 0 Å². The van der Waals surface area contributed by atoms with Crippen LogP contribution >= 0.6 is 15.9 Å². The van der Waals surface area contributed by atoms with Gasteiger partial charge in [-0.2, -0.15) is 5.26 Å². The second-order valence-electron chi connectivity index (χ2n) is 3.86. The Balaban J connectivity index is 2.34. The molecule has 1 atom stereocenters. The molecule has 0 bridgehead atoms. The third-order valence-electron chi connectivity index (χ3n) is 2.44. The average molecular weight is 282 g/mol. The molecule has 16 heavy (non-hydrogen) atoms. The van der Waals surface area contributed by atoms with Gasteiger partial charge >= 0.3 is 0 Å². The Bertz CT molecular complexity index is 359. The maximum Gasteiger partial charge on any atom is 0.120 e. The van der Waals surface area contributed by atoms with Gasteiger partial charge < -0.3 is 4.74 Å². The van der Waals surface area contributed by atoms with Crippen LogP contribution in [0.2, 0.25) is 0 Å². The summed E-state index contributed by atoms with van der Waals surface area (Å²) in [6, 6.07) is 9.38. The quantitative estimate of drug-likeness (QED) is 0.744. The van der Waals surface area contributed by atoms with E-state index >= 15 is 0 Å². The van der Waals surface area contributed by atoms with Gasteiger partial charge in [0, 0.05) is 5.33 Å². The standard InChI is InChI=1S/C13H16BrNO/c1-11(5-7-14)6-8-16-13-4-2-3-12(9-13)10-15/h2-4,9,11H,5-8H2,1H3. The van der Waals surface area contributed by atoms with Crippen LogP contribution in [0.1, 0.15) is 25.3 Å². The number of alkyl halides is 1. The first-order valence-corrected chi connectivity index (χ1v) is 6.57. The lowest BCUT2D eigenvalue weighted by atomic mass is 10.1. The summed E-state index contributed by atoms with van der Waals surface area (Å²) in [5.41, 5.74) is 0.644. The van der Waals surface area contributed by atoms with Gasteiger partial charge in [0.2, 0.25) is 0 Å². The lowest BCUT2D eigenvalue weighted by Gasteiger charge is -2.10. The van der Waals surface area contributed by atoms with E-state index in [4.69, 9.17) is 10.00 Å². The van der Waals surface area contributed by atoms with Gasteiger partial charge in [-0.15, -0.1) is 0 Å². The normalized spacial score (nSPS) is 11.8. The van der Waals surface area contributed by atoms with E-state index in [1.165, 1.54) is 6.42 Å². The molecule has 2 nitrogen and oxygen atoms in total. The van der Waals surface area contributed by atoms with Gasteiger partial charge in [-0.1, -0.05) is 28.9 Å². The fourth-order valence-electron chi connectivity index (χ4n) is 1.36. The number of benzene rings is 1. The van der Waals surface area contributed by atoms with Gasteiger partial charge in [-0.05, 0) is 37.0 Å². The molecule has 0 fully saturated rings. The van der Waals surface area contributed by atoms with Crippen molar-refractivity contribution in [3.05, 3.63) is 29.8 Å². The smallest absolute Gasteiger partial charge is 0.120 e. The zero-order valence-electron chi connectivity index (χ0n) is 9.45. The van der Waals surface area contributed by atoms with Crippen LogP contribution in [0.4, 0.5) is 0 Å². The molecule has 0 spiro atoms. The molecular formula is C13H16BrNO. The molecule has 0 aliphatic rings. The van der Waals surface area contributed by atoms with Crippen molar-refractivity contribution in [2.24, 2.45) is 5.92 Å². The molecule has 0 N–H and O–H groups in total. The fourth-order valence-corrected chi connectivity index (χ4v) is 2.15. The Morgan fingerprint density at radius 3 is 2.94 bits per heavy atom. The highest BCUT2D eigenvalue weighted by atomic mass is 79.9. The summed E-state index contributed by atoms with van der Waals surface area (Å²) in [5, 5.41) is 9.77. The summed E-state index contributed by atoms with van der Waals surface area (Å²) in [6.07, 6.45) is 2.21. The van der Waals surface area contributed by atoms with E-state index in [1.54, 1.807) is 12.1 Å². The predicted octanol–water partition coefficient (Wildman–Crippen LogP) is 3.75. The molecule has 3 heteroatoms. The SMILES string of the molecule is CC(CCBr)CCOc1cccc(C#N)c1. The molecule has 1 rings (SSSR count). The van der Waals surface area contributed by atoms with E-state index in [1.807, 2.05) is 12.1 Å². The number of nitriles is 1. The second-order valence-corrected chi connectivity index (χ2v) is 4.65. The minimum atomic E-state index is 0.644. The lowest BCUT2D eigenvalue weighted by Crippen LogP contribution is -2.04. The molecule has 0 radical (unpaired) electrons. The first-order chi connectivity index (χ1) is 7.76. The number of hydrogen-bond acceptors (Lipinski definition) is 2. The monoisotopic (exact) mass is 281 g/mol. The minimum absolute atomic E-state index is 0.644. The largest absolute Gasteiger partial charge is 0.494 e. The van der Waals surface area contributed by atoms with Crippen LogP contribution in [-0.2, 0) is 0 Å². The zero-order chi connectivity index (χ0) is 11.8. The molecule has 0 aromatic heterocycles. The number of ether oxygens (including phenoxy) is 1. The van der Waals surface area contributed by atoms with Gasteiger partial charge in [-0.25, -0.2) is 0 Å². The van der Waals surface area contributed by atoms with Crippen LogP contribution < -0.4 is 4.74 Å². The fraction of sp³-hybridized carbons (Fsp3) is 0.462. The maximum atomic E-state index is 8.73. The molecule has 0 heterocycles. The molecule has 1 aromatic carbocycles. The Morgan fingerprint density at radius 1 is 1.44 bits per heavy atom. The molecule has 0 aliphatic carbocycles. The van der Waals surface area contributed by atoms with Crippen LogP contribution in [0, 0.1) is 17.2 Å². The zero-order valence-corrected chi connectivity index (χ0v) is 11.0. The van der Waals surface area contributed by atoms with E-state index in [2.05, 4.69) is 28.9 Å². The van der Waals surface area contributed by atoms with Gasteiger partial charge in [-0.3, -0.25) is 0 Å². The van der Waals surface area contributed by atoms with E-state index in [0.717, 1.165) is 17.5 Å². The maximum absolute atomic E-state index is 8.73. The summed E-state index contributed by atoms with van der Waals surface area (Å²) >= 11 is 3.43. The Hall–Kier alpha value is -1.01. The number of hydrogen-bond donors (Lipinski definition) is 0. The first kappa shape index (κ1) is 13.1. The van der Waals surface area contributed by atoms with Crippen molar-refractivity contribution in [1.29, 1.82) is 5.26 Å². The van der Waals surface area contributed by atoms with Crippen LogP contribution in [0.15, 0.2) is 24.3 Å². The van der Waals surface area contributed by atoms with Crippen molar-refractivity contribution in [3.8, 4) is 11.8 Å². The molecule has 0 saturated carbocycles. The number of halogens is 1. The van der Waals surface area contributed by atoms with Crippen molar-refractivity contribution in [2.45, 2.75) is 19.8 Å². The van der Waals surface area contributed by atoms with Crippen LogP contribution in [0.5, 0.6) is 5.75 Å². The van der Waals surface area contributed by atoms with Crippen LogP contribution in [-0.4, -0.2) is 11.9 Å². The average Bonchev–Trinajstić information content (AvgIpc) is 2.30. The van der Waals surface area contributed by atoms with E-state index < -0.39 is 0 Å². The summed E-state index contributed by atoms with van der Waals surface area (Å²) in [4.78, 5) is 0. The lowest BCUT2D eigenvalue weighted by molar-refractivity contribution is 0.282. The minimum Gasteiger partial charge on any atom is -0.494 e.